The summed E-state index contributed by atoms with van der Waals surface area (Å²) in [6.07, 6.45) is 11.3. The average Bonchev–Trinajstić information content (AvgIpc) is 3.06. The zero-order chi connectivity index (χ0) is 23.4. The number of aliphatic hydroxyl groups is 2. The third-order valence-electron chi connectivity index (χ3n) is 10.3. The summed E-state index contributed by atoms with van der Waals surface area (Å²) in [5.41, 5.74) is -0.120. The summed E-state index contributed by atoms with van der Waals surface area (Å²) in [6, 6.07) is 0. The fraction of sp³-hybridized carbons (Fsp3) is 0.815. The van der Waals surface area contributed by atoms with E-state index in [0.29, 0.717) is 19.3 Å². The number of carbonyl (C=O) groups is 2. The normalized spacial score (nSPS) is 44.9. The van der Waals surface area contributed by atoms with Crippen LogP contribution in [-0.4, -0.2) is 45.8 Å². The van der Waals surface area contributed by atoms with Gasteiger partial charge in [0.2, 0.25) is 5.78 Å². The molecule has 6 nitrogen and oxygen atoms in total. The number of aliphatic hydroxyl groups excluding tert-OH is 1. The van der Waals surface area contributed by atoms with Crippen LogP contribution in [0, 0.1) is 28.6 Å². The van der Waals surface area contributed by atoms with Gasteiger partial charge >= 0.3 is 0 Å². The zero-order valence-corrected chi connectivity index (χ0v) is 20.1. The van der Waals surface area contributed by atoms with Crippen molar-refractivity contribution in [3.8, 4) is 0 Å². The Balaban J connectivity index is 1.35. The van der Waals surface area contributed by atoms with E-state index < -0.39 is 17.1 Å². The second-order valence-electron chi connectivity index (χ2n) is 11.9. The maximum atomic E-state index is 13.3. The summed E-state index contributed by atoms with van der Waals surface area (Å²) in [7, 11) is 0. The number of oxime groups is 1. The average molecular weight is 458 g/mol. The smallest absolute Gasteiger partial charge is 0.204 e. The summed E-state index contributed by atoms with van der Waals surface area (Å²) in [6.45, 7) is 4.02. The molecule has 5 aliphatic rings. The Morgan fingerprint density at radius 1 is 1.12 bits per heavy atom. The molecule has 0 spiro atoms. The van der Waals surface area contributed by atoms with Crippen molar-refractivity contribution in [3.63, 3.8) is 0 Å². The molecule has 4 saturated carbocycles. The Labute approximate surface area is 196 Å². The molecule has 5 rings (SSSR count). The number of hydrogen-bond acceptors (Lipinski definition) is 6. The first-order valence-electron chi connectivity index (χ1n) is 13.0. The van der Waals surface area contributed by atoms with Crippen molar-refractivity contribution >= 4 is 17.3 Å². The van der Waals surface area contributed by atoms with Crippen LogP contribution in [-0.2, 0) is 14.4 Å². The molecule has 6 unspecified atom stereocenters. The maximum Gasteiger partial charge on any atom is 0.204 e. The lowest BCUT2D eigenvalue weighted by atomic mass is 9.45. The minimum Gasteiger partial charge on any atom is -0.393 e. The van der Waals surface area contributed by atoms with Crippen LogP contribution in [0.4, 0.5) is 0 Å². The van der Waals surface area contributed by atoms with Crippen molar-refractivity contribution in [3.05, 3.63) is 11.6 Å². The Morgan fingerprint density at radius 3 is 2.64 bits per heavy atom. The van der Waals surface area contributed by atoms with E-state index in [2.05, 4.69) is 12.1 Å². The highest BCUT2D eigenvalue weighted by atomic mass is 16.6. The van der Waals surface area contributed by atoms with Gasteiger partial charge in [-0.25, -0.2) is 0 Å². The van der Waals surface area contributed by atoms with E-state index in [1.807, 2.05) is 13.0 Å². The number of nitrogens with zero attached hydrogens (tertiary/aromatic N) is 1. The van der Waals surface area contributed by atoms with Gasteiger partial charge < -0.3 is 15.1 Å². The molecule has 0 amide bonds. The molecule has 0 radical (unpaired) electrons. The standard InChI is InChI=1S/C27H39NO5/c1-25-12-10-19(29)14-17(25)8-9-20-21-11-13-27(32,26(21,2)15-22(30)24(20)25)23(31)16-33-28-18-6-4-3-5-7-18/h14,20-22,24,30,32H,3-13,15-16H2,1-2H3/t20?,21?,22?,24?,25?,26?,27-/m0/s1. The van der Waals surface area contributed by atoms with Gasteiger partial charge in [0.05, 0.1) is 11.8 Å². The molecule has 6 heteroatoms. The van der Waals surface area contributed by atoms with E-state index in [9.17, 15) is 19.8 Å². The third-order valence-corrected chi connectivity index (χ3v) is 10.3. The number of fused-ring (bicyclic) bond motifs is 5. The Kier molecular flexibility index (Phi) is 5.84. The van der Waals surface area contributed by atoms with E-state index in [1.54, 1.807) is 0 Å². The van der Waals surface area contributed by atoms with Crippen LogP contribution in [0.15, 0.2) is 16.8 Å². The highest BCUT2D eigenvalue weighted by molar-refractivity contribution is 5.92. The van der Waals surface area contributed by atoms with E-state index >= 15 is 0 Å². The molecule has 182 valence electrons. The van der Waals surface area contributed by atoms with Gasteiger partial charge in [-0.3, -0.25) is 9.59 Å². The first-order valence-corrected chi connectivity index (χ1v) is 13.0. The Morgan fingerprint density at radius 2 is 1.88 bits per heavy atom. The van der Waals surface area contributed by atoms with Gasteiger partial charge in [0.25, 0.3) is 0 Å². The van der Waals surface area contributed by atoms with Gasteiger partial charge in [-0.1, -0.05) is 31.0 Å². The number of Topliss-reactive ketones (excluding diaryl/α,β-unsaturated/α-hetero) is 1. The number of hydrogen-bond donors (Lipinski definition) is 2. The highest BCUT2D eigenvalue weighted by Crippen LogP contribution is 2.67. The minimum atomic E-state index is -1.49. The maximum absolute atomic E-state index is 13.3. The minimum absolute atomic E-state index is 0.0788. The molecule has 0 aliphatic heterocycles. The van der Waals surface area contributed by atoms with E-state index in [1.165, 1.54) is 12.0 Å². The molecule has 0 aromatic heterocycles. The largest absolute Gasteiger partial charge is 0.393 e. The molecule has 0 heterocycles. The van der Waals surface area contributed by atoms with Crippen LogP contribution in [0.3, 0.4) is 0 Å². The van der Waals surface area contributed by atoms with E-state index in [0.717, 1.165) is 57.1 Å². The third kappa shape index (κ3) is 3.54. The molecular weight excluding hydrogens is 418 g/mol. The van der Waals surface area contributed by atoms with Gasteiger partial charge in [0.1, 0.15) is 5.60 Å². The SMILES string of the molecule is CC12CCC(=O)C=C1CCC1C2C(O)CC2(C)C1CC[C@]2(O)C(=O)CON=C1CCCCC1. The Bertz CT molecular complexity index is 887. The summed E-state index contributed by atoms with van der Waals surface area (Å²) >= 11 is 0. The van der Waals surface area contributed by atoms with Gasteiger partial charge in [0.15, 0.2) is 12.4 Å². The molecule has 4 fully saturated rings. The van der Waals surface area contributed by atoms with Crippen LogP contribution in [0.1, 0.15) is 90.9 Å². The second-order valence-corrected chi connectivity index (χ2v) is 11.9. The van der Waals surface area contributed by atoms with Gasteiger partial charge in [-0.05, 0) is 93.5 Å². The monoisotopic (exact) mass is 457 g/mol. The first kappa shape index (κ1) is 23.2. The number of allylic oxidation sites excluding steroid dienone is 1. The summed E-state index contributed by atoms with van der Waals surface area (Å²) in [4.78, 5) is 30.8. The highest BCUT2D eigenvalue weighted by Gasteiger charge is 2.68. The van der Waals surface area contributed by atoms with Crippen LogP contribution in [0.25, 0.3) is 0 Å². The van der Waals surface area contributed by atoms with Crippen LogP contribution in [0.2, 0.25) is 0 Å². The van der Waals surface area contributed by atoms with Crippen LogP contribution in [0.5, 0.6) is 0 Å². The summed E-state index contributed by atoms with van der Waals surface area (Å²) < 4.78 is 0. The molecule has 0 aromatic rings. The van der Waals surface area contributed by atoms with Gasteiger partial charge in [0, 0.05) is 11.8 Å². The van der Waals surface area contributed by atoms with Crippen LogP contribution < -0.4 is 0 Å². The quantitative estimate of drug-likeness (QED) is 0.619. The molecule has 0 saturated heterocycles. The van der Waals surface area contributed by atoms with Crippen molar-refractivity contribution in [2.45, 2.75) is 103 Å². The van der Waals surface area contributed by atoms with E-state index in [-0.39, 0.29) is 41.3 Å². The predicted octanol–water partition coefficient (Wildman–Crippen LogP) is 4.13. The lowest BCUT2D eigenvalue weighted by Crippen LogP contribution is -2.62. The lowest BCUT2D eigenvalue weighted by Gasteiger charge is -2.60. The lowest BCUT2D eigenvalue weighted by molar-refractivity contribution is -0.183. The van der Waals surface area contributed by atoms with Crippen molar-refractivity contribution in [2.75, 3.05) is 6.61 Å². The van der Waals surface area contributed by atoms with Gasteiger partial charge in [-0.2, -0.15) is 0 Å². The fourth-order valence-electron chi connectivity index (χ4n) is 8.50. The zero-order valence-electron chi connectivity index (χ0n) is 20.1. The molecule has 5 aliphatic carbocycles. The molecule has 0 aromatic carbocycles. The topological polar surface area (TPSA) is 96.2 Å². The van der Waals surface area contributed by atoms with Crippen molar-refractivity contribution in [1.29, 1.82) is 0 Å². The molecule has 2 N–H and O–H groups in total. The number of ketones is 2. The first-order chi connectivity index (χ1) is 15.7. The van der Waals surface area contributed by atoms with Gasteiger partial charge in [-0.15, -0.1) is 0 Å². The second kappa shape index (κ2) is 8.30. The van der Waals surface area contributed by atoms with Crippen molar-refractivity contribution < 1.29 is 24.6 Å². The van der Waals surface area contributed by atoms with E-state index in [4.69, 9.17) is 4.84 Å². The Hall–Kier alpha value is -1.53. The van der Waals surface area contributed by atoms with Crippen molar-refractivity contribution in [2.24, 2.45) is 33.7 Å². The molecule has 0 bridgehead atoms. The number of rotatable bonds is 4. The fourth-order valence-corrected chi connectivity index (χ4v) is 8.50. The number of carbonyl (C=O) groups excluding carboxylic acids is 2. The molecule has 7 atom stereocenters. The molecular formula is C27H39NO5. The van der Waals surface area contributed by atoms with Crippen LogP contribution >= 0.6 is 0 Å². The summed E-state index contributed by atoms with van der Waals surface area (Å²) in [5.74, 6) is 0.410. The summed E-state index contributed by atoms with van der Waals surface area (Å²) in [5, 5.41) is 27.4. The predicted molar refractivity (Wildman–Crippen MR) is 125 cm³/mol. The molecule has 33 heavy (non-hydrogen) atoms. The van der Waals surface area contributed by atoms with Crippen molar-refractivity contribution in [1.82, 2.24) is 0 Å².